The number of likely N-dealkylation sites (tertiary alicyclic amines) is 1. The van der Waals surface area contributed by atoms with Crippen LogP contribution < -0.4 is 9.47 Å². The van der Waals surface area contributed by atoms with Crippen molar-refractivity contribution in [3.63, 3.8) is 0 Å². The SMILES string of the molecule is CCOc1ccc2c(c1)[C@H](SCC(=O)N1C[C@@H](C)C[C@H](C)C1)CC1(CCCCC1)O2. The first-order valence-corrected chi connectivity index (χ1v) is 12.9. The Kier molecular flexibility index (Phi) is 6.86. The van der Waals surface area contributed by atoms with E-state index in [9.17, 15) is 4.79 Å². The highest BCUT2D eigenvalue weighted by molar-refractivity contribution is 8.00. The third-order valence-corrected chi connectivity index (χ3v) is 8.15. The third kappa shape index (κ3) is 4.92. The molecule has 2 aliphatic heterocycles. The summed E-state index contributed by atoms with van der Waals surface area (Å²) in [6.07, 6.45) is 8.28. The number of carbonyl (C=O) groups excluding carboxylic acids is 1. The van der Waals surface area contributed by atoms with Gasteiger partial charge in [0.1, 0.15) is 17.1 Å². The van der Waals surface area contributed by atoms with Gasteiger partial charge in [-0.25, -0.2) is 0 Å². The molecule has 0 N–H and O–H groups in total. The average Bonchev–Trinajstić information content (AvgIpc) is 2.72. The van der Waals surface area contributed by atoms with Crippen LogP contribution in [0.1, 0.15) is 76.5 Å². The number of carbonyl (C=O) groups is 1. The summed E-state index contributed by atoms with van der Waals surface area (Å²) in [6.45, 7) is 9.02. The van der Waals surface area contributed by atoms with Crippen LogP contribution in [0.15, 0.2) is 18.2 Å². The first-order valence-electron chi connectivity index (χ1n) is 11.8. The fraction of sp³-hybridized carbons (Fsp3) is 0.720. The zero-order valence-corrected chi connectivity index (χ0v) is 19.6. The molecule has 0 unspecified atom stereocenters. The maximum atomic E-state index is 13.0. The van der Waals surface area contributed by atoms with E-state index in [1.807, 2.05) is 24.8 Å². The molecule has 1 amide bonds. The molecule has 4 rings (SSSR count). The third-order valence-electron chi connectivity index (χ3n) is 6.92. The normalized spacial score (nSPS) is 28.0. The van der Waals surface area contributed by atoms with Crippen LogP contribution in [0.4, 0.5) is 0 Å². The van der Waals surface area contributed by atoms with Crippen molar-refractivity contribution in [1.29, 1.82) is 0 Å². The van der Waals surface area contributed by atoms with Crippen molar-refractivity contribution in [1.82, 2.24) is 4.90 Å². The molecule has 0 radical (unpaired) electrons. The van der Waals surface area contributed by atoms with Gasteiger partial charge in [-0.3, -0.25) is 4.79 Å². The number of hydrogen-bond donors (Lipinski definition) is 0. The standard InChI is InChI=1S/C25H37NO3S/c1-4-28-20-8-9-22-21(13-20)23(14-25(29-22)10-6-5-7-11-25)30-17-24(27)26-15-18(2)12-19(3)16-26/h8-9,13,18-19,23H,4-7,10-12,14-17H2,1-3H3/t18-,19-,23+/m0/s1. The van der Waals surface area contributed by atoms with Crippen LogP contribution in [0.5, 0.6) is 11.5 Å². The quantitative estimate of drug-likeness (QED) is 0.586. The fourth-order valence-electron chi connectivity index (χ4n) is 5.63. The lowest BCUT2D eigenvalue weighted by molar-refractivity contribution is -0.131. The summed E-state index contributed by atoms with van der Waals surface area (Å²) in [7, 11) is 0. The van der Waals surface area contributed by atoms with Crippen molar-refractivity contribution >= 4 is 17.7 Å². The van der Waals surface area contributed by atoms with Crippen LogP contribution in [0.2, 0.25) is 0 Å². The van der Waals surface area contributed by atoms with Crippen LogP contribution in [-0.2, 0) is 4.79 Å². The molecule has 1 spiro atoms. The Bertz CT molecular complexity index is 736. The van der Waals surface area contributed by atoms with Gasteiger partial charge < -0.3 is 14.4 Å². The second-order valence-corrected chi connectivity index (χ2v) is 10.9. The lowest BCUT2D eigenvalue weighted by Crippen LogP contribution is -2.44. The van der Waals surface area contributed by atoms with Gasteiger partial charge in [-0.15, -0.1) is 11.8 Å². The number of thioether (sulfide) groups is 1. The molecule has 0 bridgehead atoms. The number of piperidine rings is 1. The highest BCUT2D eigenvalue weighted by atomic mass is 32.2. The molecule has 1 saturated carbocycles. The van der Waals surface area contributed by atoms with Crippen molar-refractivity contribution < 1.29 is 14.3 Å². The summed E-state index contributed by atoms with van der Waals surface area (Å²) >= 11 is 1.81. The van der Waals surface area contributed by atoms with E-state index < -0.39 is 0 Å². The minimum absolute atomic E-state index is 0.0484. The van der Waals surface area contributed by atoms with Gasteiger partial charge in [-0.1, -0.05) is 20.3 Å². The van der Waals surface area contributed by atoms with Gasteiger partial charge in [0, 0.05) is 30.3 Å². The second-order valence-electron chi connectivity index (χ2n) is 9.73. The molecule has 3 aliphatic rings. The van der Waals surface area contributed by atoms with Gasteiger partial charge >= 0.3 is 0 Å². The number of ether oxygens (including phenoxy) is 2. The van der Waals surface area contributed by atoms with E-state index in [4.69, 9.17) is 9.47 Å². The van der Waals surface area contributed by atoms with Crippen molar-refractivity contribution in [3.8, 4) is 11.5 Å². The lowest BCUT2D eigenvalue weighted by Gasteiger charge is -2.44. The highest BCUT2D eigenvalue weighted by Crippen LogP contribution is 2.51. The van der Waals surface area contributed by atoms with E-state index in [0.717, 1.165) is 43.9 Å². The van der Waals surface area contributed by atoms with Gasteiger partial charge in [0.25, 0.3) is 0 Å². The number of amides is 1. The number of nitrogens with zero attached hydrogens (tertiary/aromatic N) is 1. The first-order chi connectivity index (χ1) is 14.5. The molecule has 2 heterocycles. The Hall–Kier alpha value is -1.36. The molecule has 30 heavy (non-hydrogen) atoms. The van der Waals surface area contributed by atoms with Gasteiger partial charge in [-0.2, -0.15) is 0 Å². The number of rotatable bonds is 5. The second kappa shape index (κ2) is 9.42. The Balaban J connectivity index is 1.50. The molecule has 5 heteroatoms. The van der Waals surface area contributed by atoms with E-state index in [1.165, 1.54) is 31.2 Å². The topological polar surface area (TPSA) is 38.8 Å². The molecule has 0 aromatic heterocycles. The molecule has 1 aliphatic carbocycles. The summed E-state index contributed by atoms with van der Waals surface area (Å²) in [5.41, 5.74) is 1.16. The van der Waals surface area contributed by atoms with Crippen LogP contribution in [-0.4, -0.2) is 41.9 Å². The first kappa shape index (κ1) is 21.9. The monoisotopic (exact) mass is 431 g/mol. The van der Waals surface area contributed by atoms with Crippen molar-refractivity contribution in [3.05, 3.63) is 23.8 Å². The Morgan fingerprint density at radius 1 is 1.20 bits per heavy atom. The van der Waals surface area contributed by atoms with Crippen molar-refractivity contribution in [2.75, 3.05) is 25.4 Å². The van der Waals surface area contributed by atoms with E-state index in [-0.39, 0.29) is 10.9 Å². The van der Waals surface area contributed by atoms with E-state index in [2.05, 4.69) is 30.9 Å². The molecular weight excluding hydrogens is 394 g/mol. The molecule has 3 atom stereocenters. The molecule has 1 aromatic rings. The summed E-state index contributed by atoms with van der Waals surface area (Å²) in [4.78, 5) is 15.1. The number of hydrogen-bond acceptors (Lipinski definition) is 4. The zero-order chi connectivity index (χ0) is 21.1. The highest BCUT2D eigenvalue weighted by Gasteiger charge is 2.42. The Morgan fingerprint density at radius 3 is 2.63 bits per heavy atom. The van der Waals surface area contributed by atoms with Crippen LogP contribution in [0.25, 0.3) is 0 Å². The minimum Gasteiger partial charge on any atom is -0.494 e. The average molecular weight is 432 g/mol. The van der Waals surface area contributed by atoms with Gasteiger partial charge in [-0.05, 0) is 69.1 Å². The molecule has 1 saturated heterocycles. The van der Waals surface area contributed by atoms with E-state index >= 15 is 0 Å². The summed E-state index contributed by atoms with van der Waals surface area (Å²) in [5.74, 6) is 3.95. The summed E-state index contributed by atoms with van der Waals surface area (Å²) in [5, 5.41) is 0.288. The maximum absolute atomic E-state index is 13.0. The number of benzene rings is 1. The van der Waals surface area contributed by atoms with Crippen LogP contribution in [0.3, 0.4) is 0 Å². The fourth-order valence-corrected chi connectivity index (χ4v) is 6.94. The number of fused-ring (bicyclic) bond motifs is 1. The van der Waals surface area contributed by atoms with E-state index in [1.54, 1.807) is 0 Å². The predicted molar refractivity (Wildman–Crippen MR) is 123 cm³/mol. The van der Waals surface area contributed by atoms with Crippen LogP contribution in [0, 0.1) is 11.8 Å². The van der Waals surface area contributed by atoms with Crippen LogP contribution >= 0.6 is 11.8 Å². The van der Waals surface area contributed by atoms with Gasteiger partial charge in [0.15, 0.2) is 0 Å². The van der Waals surface area contributed by atoms with Crippen molar-refractivity contribution in [2.24, 2.45) is 11.8 Å². The van der Waals surface area contributed by atoms with Gasteiger partial charge in [0.2, 0.25) is 5.91 Å². The predicted octanol–water partition coefficient (Wildman–Crippen LogP) is 5.85. The molecule has 2 fully saturated rings. The largest absolute Gasteiger partial charge is 0.494 e. The molecule has 166 valence electrons. The van der Waals surface area contributed by atoms with E-state index in [0.29, 0.717) is 30.1 Å². The molecule has 4 nitrogen and oxygen atoms in total. The Labute approximate surface area is 186 Å². The smallest absolute Gasteiger partial charge is 0.232 e. The molecular formula is C25H37NO3S. The zero-order valence-electron chi connectivity index (χ0n) is 18.8. The Morgan fingerprint density at radius 2 is 1.93 bits per heavy atom. The van der Waals surface area contributed by atoms with Crippen molar-refractivity contribution in [2.45, 2.75) is 76.6 Å². The maximum Gasteiger partial charge on any atom is 0.232 e. The minimum atomic E-state index is -0.0484. The molecule has 1 aromatic carbocycles. The summed E-state index contributed by atoms with van der Waals surface area (Å²) < 4.78 is 12.4. The summed E-state index contributed by atoms with van der Waals surface area (Å²) in [6, 6.07) is 6.24. The lowest BCUT2D eigenvalue weighted by atomic mass is 9.78. The van der Waals surface area contributed by atoms with Gasteiger partial charge in [0.05, 0.1) is 12.4 Å².